The monoisotopic (exact) mass is 363 g/mol. The lowest BCUT2D eigenvalue weighted by Crippen LogP contribution is -2.29. The van der Waals surface area contributed by atoms with Gasteiger partial charge in [0, 0.05) is 34.1 Å². The van der Waals surface area contributed by atoms with Gasteiger partial charge in [-0.2, -0.15) is 0 Å². The molecule has 1 aromatic carbocycles. The molecule has 0 amide bonds. The molecule has 1 aromatic heterocycles. The molecule has 2 rings (SSSR count). The lowest BCUT2D eigenvalue weighted by atomic mass is 9.77. The van der Waals surface area contributed by atoms with E-state index < -0.39 is 5.41 Å². The van der Waals surface area contributed by atoms with Crippen molar-refractivity contribution in [3.8, 4) is 0 Å². The quantitative estimate of drug-likeness (QED) is 0.835. The van der Waals surface area contributed by atoms with Crippen molar-refractivity contribution in [1.29, 1.82) is 0 Å². The van der Waals surface area contributed by atoms with Crippen molar-refractivity contribution in [2.45, 2.75) is 39.7 Å². The van der Waals surface area contributed by atoms with Gasteiger partial charge >= 0.3 is 0 Å². The third-order valence-electron chi connectivity index (χ3n) is 3.79. The highest BCUT2D eigenvalue weighted by Crippen LogP contribution is 2.33. The standard InChI is InChI=1S/C18H22BrNO2/c1-18(2,3)17(22)16(10-14-5-4-8-20-14)15-7-6-13(19)9-12(15)11-21/h4-9,16,20-21H,10-11H2,1-3H3. The second kappa shape index (κ2) is 6.80. The molecule has 0 aliphatic rings. The summed E-state index contributed by atoms with van der Waals surface area (Å²) in [4.78, 5) is 16.1. The van der Waals surface area contributed by atoms with E-state index in [4.69, 9.17) is 0 Å². The molecule has 0 radical (unpaired) electrons. The Morgan fingerprint density at radius 1 is 1.32 bits per heavy atom. The fraction of sp³-hybridized carbons (Fsp3) is 0.389. The lowest BCUT2D eigenvalue weighted by molar-refractivity contribution is -0.127. The number of Topliss-reactive ketones (excluding diaryl/α,β-unsaturated/α-hetero) is 1. The van der Waals surface area contributed by atoms with Crippen LogP contribution in [0.1, 0.15) is 43.5 Å². The molecule has 0 fully saturated rings. The summed E-state index contributed by atoms with van der Waals surface area (Å²) < 4.78 is 0.905. The van der Waals surface area contributed by atoms with E-state index in [2.05, 4.69) is 20.9 Å². The van der Waals surface area contributed by atoms with Gasteiger partial charge in [0.25, 0.3) is 0 Å². The van der Waals surface area contributed by atoms with Crippen LogP contribution in [0.4, 0.5) is 0 Å². The molecule has 2 aromatic rings. The number of aromatic nitrogens is 1. The maximum atomic E-state index is 12.9. The van der Waals surface area contributed by atoms with Gasteiger partial charge in [0.1, 0.15) is 5.78 Å². The molecule has 0 aliphatic carbocycles. The van der Waals surface area contributed by atoms with E-state index in [0.717, 1.165) is 21.3 Å². The van der Waals surface area contributed by atoms with Crippen molar-refractivity contribution < 1.29 is 9.90 Å². The van der Waals surface area contributed by atoms with E-state index in [1.54, 1.807) is 0 Å². The molecule has 0 saturated heterocycles. The number of carbonyl (C=O) groups is 1. The first-order valence-electron chi connectivity index (χ1n) is 7.38. The molecule has 118 valence electrons. The summed E-state index contributed by atoms with van der Waals surface area (Å²) in [7, 11) is 0. The Balaban J connectivity index is 2.46. The minimum atomic E-state index is -0.433. The van der Waals surface area contributed by atoms with Gasteiger partial charge in [-0.1, -0.05) is 42.8 Å². The zero-order valence-electron chi connectivity index (χ0n) is 13.2. The maximum Gasteiger partial charge on any atom is 0.146 e. The van der Waals surface area contributed by atoms with Crippen LogP contribution in [0.25, 0.3) is 0 Å². The predicted molar refractivity (Wildman–Crippen MR) is 91.8 cm³/mol. The van der Waals surface area contributed by atoms with Crippen molar-refractivity contribution in [1.82, 2.24) is 4.98 Å². The number of hydrogen-bond donors (Lipinski definition) is 2. The van der Waals surface area contributed by atoms with E-state index in [-0.39, 0.29) is 18.3 Å². The Kier molecular flexibility index (Phi) is 5.24. The second-order valence-corrected chi connectivity index (χ2v) is 7.48. The number of benzene rings is 1. The molecule has 0 spiro atoms. The summed E-state index contributed by atoms with van der Waals surface area (Å²) in [6.45, 7) is 5.74. The number of halogens is 1. The van der Waals surface area contributed by atoms with Crippen LogP contribution in [0.15, 0.2) is 41.0 Å². The predicted octanol–water partition coefficient (Wildman–Crippen LogP) is 4.21. The Bertz CT molecular complexity index is 642. The molecule has 3 nitrogen and oxygen atoms in total. The minimum Gasteiger partial charge on any atom is -0.392 e. The van der Waals surface area contributed by atoms with Crippen LogP contribution in [0.3, 0.4) is 0 Å². The van der Waals surface area contributed by atoms with Crippen LogP contribution in [0.2, 0.25) is 0 Å². The van der Waals surface area contributed by atoms with Crippen LogP contribution >= 0.6 is 15.9 Å². The molecule has 2 N–H and O–H groups in total. The van der Waals surface area contributed by atoms with E-state index in [1.807, 2.05) is 57.3 Å². The summed E-state index contributed by atoms with van der Waals surface area (Å²) in [5.74, 6) is -0.0898. The van der Waals surface area contributed by atoms with E-state index in [0.29, 0.717) is 6.42 Å². The summed E-state index contributed by atoms with van der Waals surface area (Å²) in [6.07, 6.45) is 2.47. The number of hydrogen-bond acceptors (Lipinski definition) is 2. The highest BCUT2D eigenvalue weighted by molar-refractivity contribution is 9.10. The Labute approximate surface area is 139 Å². The van der Waals surface area contributed by atoms with Gasteiger partial charge < -0.3 is 10.1 Å². The van der Waals surface area contributed by atoms with Gasteiger partial charge in [-0.3, -0.25) is 4.79 Å². The largest absolute Gasteiger partial charge is 0.392 e. The van der Waals surface area contributed by atoms with Crippen LogP contribution in [-0.4, -0.2) is 15.9 Å². The zero-order chi connectivity index (χ0) is 16.3. The molecule has 0 saturated carbocycles. The zero-order valence-corrected chi connectivity index (χ0v) is 14.8. The maximum absolute atomic E-state index is 12.9. The fourth-order valence-electron chi connectivity index (χ4n) is 2.63. The average Bonchev–Trinajstić information content (AvgIpc) is 2.96. The topological polar surface area (TPSA) is 53.1 Å². The molecule has 0 aliphatic heterocycles. The molecule has 1 atom stereocenters. The lowest BCUT2D eigenvalue weighted by Gasteiger charge is -2.26. The Morgan fingerprint density at radius 2 is 2.05 bits per heavy atom. The molecular weight excluding hydrogens is 342 g/mol. The first-order valence-corrected chi connectivity index (χ1v) is 8.18. The minimum absolute atomic E-state index is 0.0760. The molecule has 22 heavy (non-hydrogen) atoms. The molecular formula is C18H22BrNO2. The number of H-pyrrole nitrogens is 1. The van der Waals surface area contributed by atoms with Gasteiger partial charge in [-0.05, 0) is 35.4 Å². The molecule has 4 heteroatoms. The molecule has 1 heterocycles. The van der Waals surface area contributed by atoms with Crippen molar-refractivity contribution >= 4 is 21.7 Å². The fourth-order valence-corrected chi connectivity index (χ4v) is 3.04. The van der Waals surface area contributed by atoms with Crippen molar-refractivity contribution in [3.05, 3.63) is 57.8 Å². The van der Waals surface area contributed by atoms with E-state index in [1.165, 1.54) is 0 Å². The van der Waals surface area contributed by atoms with Gasteiger partial charge in [-0.15, -0.1) is 0 Å². The van der Waals surface area contributed by atoms with Crippen LogP contribution < -0.4 is 0 Å². The van der Waals surface area contributed by atoms with Crippen LogP contribution in [0, 0.1) is 5.41 Å². The third kappa shape index (κ3) is 3.87. The highest BCUT2D eigenvalue weighted by Gasteiger charge is 2.32. The number of nitrogens with one attached hydrogen (secondary N) is 1. The van der Waals surface area contributed by atoms with Gasteiger partial charge in [0.2, 0.25) is 0 Å². The summed E-state index contributed by atoms with van der Waals surface area (Å²) in [6, 6.07) is 9.66. The normalized spacial score (nSPS) is 13.1. The van der Waals surface area contributed by atoms with E-state index >= 15 is 0 Å². The smallest absolute Gasteiger partial charge is 0.146 e. The number of aliphatic hydroxyl groups is 1. The SMILES string of the molecule is CC(C)(C)C(=O)C(Cc1ccc[nH]1)c1ccc(Br)cc1CO. The van der Waals surface area contributed by atoms with Gasteiger partial charge in [0.15, 0.2) is 0 Å². The van der Waals surface area contributed by atoms with Crippen molar-refractivity contribution in [2.75, 3.05) is 0 Å². The van der Waals surface area contributed by atoms with Crippen molar-refractivity contribution in [2.24, 2.45) is 5.41 Å². The van der Waals surface area contributed by atoms with Crippen molar-refractivity contribution in [3.63, 3.8) is 0 Å². The molecule has 0 bridgehead atoms. The molecule has 1 unspecified atom stereocenters. The van der Waals surface area contributed by atoms with Crippen LogP contribution in [0.5, 0.6) is 0 Å². The van der Waals surface area contributed by atoms with E-state index in [9.17, 15) is 9.90 Å². The summed E-state index contributed by atoms with van der Waals surface area (Å²) in [5.41, 5.74) is 2.29. The number of rotatable bonds is 5. The van der Waals surface area contributed by atoms with Gasteiger partial charge in [-0.25, -0.2) is 0 Å². The first-order chi connectivity index (χ1) is 10.3. The number of aliphatic hydroxyl groups excluding tert-OH is 1. The number of aromatic amines is 1. The number of carbonyl (C=O) groups excluding carboxylic acids is 1. The number of ketones is 1. The van der Waals surface area contributed by atoms with Crippen LogP contribution in [-0.2, 0) is 17.8 Å². The summed E-state index contributed by atoms with van der Waals surface area (Å²) in [5, 5.41) is 9.66. The first kappa shape index (κ1) is 17.0. The summed E-state index contributed by atoms with van der Waals surface area (Å²) >= 11 is 3.42. The average molecular weight is 364 g/mol. The third-order valence-corrected chi connectivity index (χ3v) is 4.29. The Hall–Kier alpha value is -1.39. The Morgan fingerprint density at radius 3 is 2.59 bits per heavy atom. The second-order valence-electron chi connectivity index (χ2n) is 6.57. The van der Waals surface area contributed by atoms with Gasteiger partial charge in [0.05, 0.1) is 6.61 Å². The highest BCUT2D eigenvalue weighted by atomic mass is 79.9.